The molecule has 86 valence electrons. The van der Waals surface area contributed by atoms with E-state index in [0.717, 1.165) is 13.0 Å². The Labute approximate surface area is 92.5 Å². The molecule has 0 aromatic carbocycles. The van der Waals surface area contributed by atoms with E-state index in [-0.39, 0.29) is 12.7 Å². The van der Waals surface area contributed by atoms with Gasteiger partial charge in [-0.25, -0.2) is 0 Å². The summed E-state index contributed by atoms with van der Waals surface area (Å²) in [4.78, 5) is 3.90. The number of rotatable bonds is 5. The minimum atomic E-state index is -0.165. The van der Waals surface area contributed by atoms with Crippen LogP contribution in [-0.4, -0.2) is 19.9 Å². The Kier molecular flexibility index (Phi) is 3.21. The van der Waals surface area contributed by atoms with Crippen molar-refractivity contribution in [3.63, 3.8) is 0 Å². The van der Waals surface area contributed by atoms with Crippen molar-refractivity contribution < 1.29 is 14.3 Å². The number of hydrogen-bond acceptors (Lipinski definition) is 5. The second-order valence-corrected chi connectivity index (χ2v) is 3.30. The maximum atomic E-state index is 8.80. The van der Waals surface area contributed by atoms with Crippen LogP contribution in [0.2, 0.25) is 0 Å². The second kappa shape index (κ2) is 4.80. The van der Waals surface area contributed by atoms with Gasteiger partial charge in [0.2, 0.25) is 0 Å². The molecule has 0 spiro atoms. The van der Waals surface area contributed by atoms with E-state index in [4.69, 9.17) is 14.3 Å². The molecule has 0 aliphatic rings. The molecule has 16 heavy (non-hydrogen) atoms. The highest BCUT2D eigenvalue weighted by Gasteiger charge is 2.07. The summed E-state index contributed by atoms with van der Waals surface area (Å²) in [5.41, 5.74) is 0.441. The van der Waals surface area contributed by atoms with Crippen molar-refractivity contribution >= 4 is 0 Å². The zero-order valence-corrected chi connectivity index (χ0v) is 8.96. The number of aryl methyl sites for hydroxylation is 1. The van der Waals surface area contributed by atoms with Gasteiger partial charge in [0.25, 0.3) is 0 Å². The molecule has 0 fully saturated rings. The van der Waals surface area contributed by atoms with Crippen molar-refractivity contribution in [1.82, 2.24) is 14.8 Å². The maximum Gasteiger partial charge on any atom is 0.399 e. The lowest BCUT2D eigenvalue weighted by molar-refractivity contribution is 0.276. The molecule has 2 rings (SSSR count). The van der Waals surface area contributed by atoms with Crippen LogP contribution in [0.3, 0.4) is 0 Å². The molecule has 0 radical (unpaired) electrons. The summed E-state index contributed by atoms with van der Waals surface area (Å²) in [5, 5.41) is 12.9. The van der Waals surface area contributed by atoms with Gasteiger partial charge in [0.15, 0.2) is 5.75 Å². The monoisotopic (exact) mass is 223 g/mol. The Balaban J connectivity index is 2.02. The van der Waals surface area contributed by atoms with Gasteiger partial charge in [-0.15, -0.1) is 0 Å². The number of ether oxygens (including phenoxy) is 1. The molecule has 6 nitrogen and oxygen atoms in total. The smallest absolute Gasteiger partial charge is 0.399 e. The van der Waals surface area contributed by atoms with Crippen LogP contribution in [0.4, 0.5) is 0 Å². The van der Waals surface area contributed by atoms with Gasteiger partial charge in [-0.3, -0.25) is 4.68 Å². The molecule has 0 bridgehead atoms. The Hall–Kier alpha value is -1.82. The van der Waals surface area contributed by atoms with Crippen LogP contribution in [0.1, 0.15) is 19.0 Å². The highest BCUT2D eigenvalue weighted by atomic mass is 16.6. The van der Waals surface area contributed by atoms with Crippen LogP contribution in [0.25, 0.3) is 0 Å². The van der Waals surface area contributed by atoms with Crippen molar-refractivity contribution in [2.75, 3.05) is 0 Å². The standard InChI is InChI=1S/C10H13N3O3/c1-2-3-13-5-9(4-11-13)16-10-12-8(6-14)7-15-10/h4-5,7,14H,2-3,6H2,1H3. The summed E-state index contributed by atoms with van der Waals surface area (Å²) < 4.78 is 12.1. The van der Waals surface area contributed by atoms with Gasteiger partial charge >= 0.3 is 6.08 Å². The lowest BCUT2D eigenvalue weighted by Crippen LogP contribution is -1.95. The Bertz CT molecular complexity index is 450. The summed E-state index contributed by atoms with van der Waals surface area (Å²) in [7, 11) is 0. The largest absolute Gasteiger partial charge is 0.417 e. The van der Waals surface area contributed by atoms with Crippen molar-refractivity contribution in [2.24, 2.45) is 0 Å². The van der Waals surface area contributed by atoms with E-state index < -0.39 is 0 Å². The highest BCUT2D eigenvalue weighted by Crippen LogP contribution is 2.19. The minimum Gasteiger partial charge on any atom is -0.417 e. The Morgan fingerprint density at radius 2 is 2.44 bits per heavy atom. The quantitative estimate of drug-likeness (QED) is 0.832. The van der Waals surface area contributed by atoms with Crippen LogP contribution in [-0.2, 0) is 13.2 Å². The lowest BCUT2D eigenvalue weighted by Gasteiger charge is -1.95. The first-order chi connectivity index (χ1) is 7.81. The molecule has 0 amide bonds. The van der Waals surface area contributed by atoms with Gasteiger partial charge in [-0.2, -0.15) is 10.1 Å². The van der Waals surface area contributed by atoms with Gasteiger partial charge in [-0.05, 0) is 6.42 Å². The summed E-state index contributed by atoms with van der Waals surface area (Å²) in [5.74, 6) is 0.569. The van der Waals surface area contributed by atoms with Gasteiger partial charge in [0.05, 0.1) is 19.0 Å². The van der Waals surface area contributed by atoms with Crippen LogP contribution in [0, 0.1) is 0 Å². The molecule has 0 aliphatic carbocycles. The molecule has 1 N–H and O–H groups in total. The lowest BCUT2D eigenvalue weighted by atomic mass is 10.5. The number of aromatic nitrogens is 3. The number of aliphatic hydroxyl groups excluding tert-OH is 1. The predicted octanol–water partition coefficient (Wildman–Crippen LogP) is 1.57. The first-order valence-corrected chi connectivity index (χ1v) is 5.07. The molecule has 0 aliphatic heterocycles. The van der Waals surface area contributed by atoms with E-state index in [1.165, 1.54) is 6.26 Å². The van der Waals surface area contributed by atoms with Gasteiger partial charge < -0.3 is 14.3 Å². The fourth-order valence-electron chi connectivity index (χ4n) is 1.26. The van der Waals surface area contributed by atoms with Gasteiger partial charge in [0, 0.05) is 6.54 Å². The minimum absolute atomic E-state index is 0.111. The topological polar surface area (TPSA) is 73.3 Å². The summed E-state index contributed by atoms with van der Waals surface area (Å²) in [6, 6.07) is 0. The molecule has 6 heteroatoms. The van der Waals surface area contributed by atoms with Crippen LogP contribution >= 0.6 is 0 Å². The SMILES string of the molecule is CCCn1cc(Oc2nc(CO)co2)cn1. The van der Waals surface area contributed by atoms with Crippen molar-refractivity contribution in [1.29, 1.82) is 0 Å². The molecule has 2 heterocycles. The predicted molar refractivity (Wildman–Crippen MR) is 55.0 cm³/mol. The first-order valence-electron chi connectivity index (χ1n) is 5.07. The van der Waals surface area contributed by atoms with E-state index >= 15 is 0 Å². The number of nitrogens with zero attached hydrogens (tertiary/aromatic N) is 3. The average Bonchev–Trinajstić information content (AvgIpc) is 2.89. The molecule has 0 atom stereocenters. The van der Waals surface area contributed by atoms with Gasteiger partial charge in [0.1, 0.15) is 12.0 Å². The van der Waals surface area contributed by atoms with E-state index in [1.54, 1.807) is 17.1 Å². The van der Waals surface area contributed by atoms with E-state index in [1.807, 2.05) is 0 Å². The molecular formula is C10H13N3O3. The van der Waals surface area contributed by atoms with E-state index in [0.29, 0.717) is 11.4 Å². The highest BCUT2D eigenvalue weighted by molar-refractivity contribution is 5.16. The van der Waals surface area contributed by atoms with E-state index in [9.17, 15) is 0 Å². The Morgan fingerprint density at radius 3 is 3.12 bits per heavy atom. The Morgan fingerprint density at radius 1 is 1.56 bits per heavy atom. The summed E-state index contributed by atoms with van der Waals surface area (Å²) in [6.45, 7) is 2.75. The second-order valence-electron chi connectivity index (χ2n) is 3.30. The molecule has 2 aromatic heterocycles. The zero-order chi connectivity index (χ0) is 11.4. The maximum absolute atomic E-state index is 8.80. The van der Waals surface area contributed by atoms with Crippen LogP contribution < -0.4 is 4.74 Å². The van der Waals surface area contributed by atoms with Crippen molar-refractivity contribution in [3.8, 4) is 11.8 Å². The van der Waals surface area contributed by atoms with E-state index in [2.05, 4.69) is 17.0 Å². The zero-order valence-electron chi connectivity index (χ0n) is 8.96. The number of aliphatic hydroxyl groups is 1. The number of hydrogen-bond donors (Lipinski definition) is 1. The van der Waals surface area contributed by atoms with Crippen LogP contribution in [0.15, 0.2) is 23.1 Å². The molecular weight excluding hydrogens is 210 g/mol. The van der Waals surface area contributed by atoms with Crippen LogP contribution in [0.5, 0.6) is 11.8 Å². The molecule has 2 aromatic rings. The third-order valence-electron chi connectivity index (χ3n) is 1.96. The normalized spacial score (nSPS) is 10.6. The fourth-order valence-corrected chi connectivity index (χ4v) is 1.26. The van der Waals surface area contributed by atoms with Gasteiger partial charge in [-0.1, -0.05) is 6.92 Å². The third kappa shape index (κ3) is 2.40. The average molecular weight is 223 g/mol. The first kappa shape index (κ1) is 10.7. The van der Waals surface area contributed by atoms with Crippen molar-refractivity contribution in [3.05, 3.63) is 24.4 Å². The number of oxazole rings is 1. The fraction of sp³-hybridized carbons (Fsp3) is 0.400. The molecule has 0 unspecified atom stereocenters. The third-order valence-corrected chi connectivity index (χ3v) is 1.96. The summed E-state index contributed by atoms with van der Waals surface area (Å²) >= 11 is 0. The molecule has 0 saturated heterocycles. The van der Waals surface area contributed by atoms with Crippen molar-refractivity contribution in [2.45, 2.75) is 26.5 Å². The summed E-state index contributed by atoms with van der Waals surface area (Å²) in [6.07, 6.45) is 5.84. The molecule has 0 saturated carbocycles.